The van der Waals surface area contributed by atoms with E-state index in [0.717, 1.165) is 91.6 Å². The second-order valence-electron chi connectivity index (χ2n) is 8.63. The Hall–Kier alpha value is -0.670. The molecule has 2 aliphatic rings. The van der Waals surface area contributed by atoms with Crippen LogP contribution >= 0.6 is 34.2 Å². The fraction of sp³-hybridized carbons (Fsp3) is 0.682. The maximum Gasteiger partial charge on any atom is 0.305 e. The highest BCUT2D eigenvalue weighted by Gasteiger charge is 2.30. The number of benzene rings is 1. The Balaban J connectivity index is 1.33. The third-order valence-electron chi connectivity index (χ3n) is 6.32. The third kappa shape index (κ3) is 7.48. The number of nitrogens with zero attached hydrogens (tertiary/aromatic N) is 2. The molecule has 1 heterocycles. The lowest BCUT2D eigenvalue weighted by Crippen LogP contribution is -2.47. The highest BCUT2D eigenvalue weighted by Crippen LogP contribution is 2.30. The topological polar surface area (TPSA) is 35.6 Å². The number of nitrogens with one attached hydrogen (secondary N) is 1. The quantitative estimate of drug-likeness (QED) is 0.370. The number of hydrogen-bond donors (Lipinski definition) is 1. The average molecular weight is 554 g/mol. The van der Waals surface area contributed by atoms with Crippen LogP contribution in [0.5, 0.6) is 0 Å². The first kappa shape index (κ1) is 24.0. The van der Waals surface area contributed by atoms with Crippen LogP contribution in [0.1, 0.15) is 44.1 Å². The van der Waals surface area contributed by atoms with Crippen molar-refractivity contribution in [2.75, 3.05) is 37.6 Å². The van der Waals surface area contributed by atoms with Gasteiger partial charge in [-0.15, -0.1) is 0 Å². The van der Waals surface area contributed by atoms with E-state index in [0.29, 0.717) is 5.92 Å². The van der Waals surface area contributed by atoms with E-state index >= 15 is 0 Å². The van der Waals surface area contributed by atoms with Crippen LogP contribution in [0.3, 0.4) is 0 Å². The molecule has 1 aliphatic carbocycles. The molecule has 0 radical (unpaired) electrons. The van der Waals surface area contributed by atoms with E-state index in [1.54, 1.807) is 0 Å². The Labute approximate surface area is 196 Å². The number of carbonyl (C=O) groups excluding carboxylic acids is 1. The van der Waals surface area contributed by atoms with Gasteiger partial charge in [-0.1, -0.05) is 17.7 Å². The summed E-state index contributed by atoms with van der Waals surface area (Å²) in [5.41, 5.74) is 2.31. The molecule has 30 heavy (non-hydrogen) atoms. The van der Waals surface area contributed by atoms with E-state index in [1.165, 1.54) is 12.1 Å². The van der Waals surface area contributed by atoms with Crippen molar-refractivity contribution in [3.63, 3.8) is 0 Å². The van der Waals surface area contributed by atoms with Crippen molar-refractivity contribution in [2.45, 2.75) is 55.4 Å². The molecule has 0 unspecified atom stereocenters. The molecule has 168 valence electrons. The Morgan fingerprint density at radius 3 is 2.47 bits per heavy atom. The second kappa shape index (κ2) is 10.8. The van der Waals surface area contributed by atoms with Crippen molar-refractivity contribution in [3.8, 4) is 0 Å². The van der Waals surface area contributed by atoms with E-state index in [-0.39, 0.29) is 6.04 Å². The van der Waals surface area contributed by atoms with Crippen molar-refractivity contribution in [1.82, 2.24) is 10.2 Å². The number of rotatable bonds is 7. The van der Waals surface area contributed by atoms with Gasteiger partial charge in [0.05, 0.1) is 6.42 Å². The largest absolute Gasteiger partial charge is 0.369 e. The summed E-state index contributed by atoms with van der Waals surface area (Å²) >= 11 is 7.29. The van der Waals surface area contributed by atoms with E-state index < -0.39 is 16.3 Å². The first-order chi connectivity index (χ1) is 14.2. The molecular weight excluding hydrogens is 523 g/mol. The molecule has 1 amide bonds. The molecule has 8 heteroatoms. The summed E-state index contributed by atoms with van der Waals surface area (Å²) in [6, 6.07) is 6.34. The fourth-order valence-corrected chi connectivity index (χ4v) is 4.95. The van der Waals surface area contributed by atoms with Crippen LogP contribution < -0.4 is 10.2 Å². The zero-order valence-corrected chi connectivity index (χ0v) is 20.4. The molecule has 1 aromatic carbocycles. The minimum Gasteiger partial charge on any atom is -0.369 e. The summed E-state index contributed by atoms with van der Waals surface area (Å²) < 4.78 is 22.9. The van der Waals surface area contributed by atoms with Crippen molar-refractivity contribution < 1.29 is 13.6 Å². The summed E-state index contributed by atoms with van der Waals surface area (Å²) in [7, 11) is 0. The van der Waals surface area contributed by atoms with Gasteiger partial charge < -0.3 is 10.2 Å². The molecule has 1 aliphatic heterocycles. The second-order valence-corrected chi connectivity index (χ2v) is 10.6. The summed E-state index contributed by atoms with van der Waals surface area (Å²) in [4.78, 5) is 16.6. The molecule has 0 spiro atoms. The van der Waals surface area contributed by atoms with Crippen molar-refractivity contribution in [1.29, 1.82) is 0 Å². The van der Waals surface area contributed by atoms with Gasteiger partial charge in [0.25, 0.3) is 0 Å². The molecule has 1 saturated carbocycles. The molecular formula is C22H31ClF2IN3O. The van der Waals surface area contributed by atoms with Crippen molar-refractivity contribution in [3.05, 3.63) is 28.8 Å². The molecule has 1 aromatic rings. The van der Waals surface area contributed by atoms with Gasteiger partial charge in [0.2, 0.25) is 5.91 Å². The molecule has 2 fully saturated rings. The molecule has 1 N–H and O–H groups in total. The first-order valence-corrected chi connectivity index (χ1v) is 12.2. The zero-order chi connectivity index (χ0) is 21.7. The molecule has 3 rings (SSSR count). The lowest BCUT2D eigenvalue weighted by atomic mass is 9.84. The van der Waals surface area contributed by atoms with Crippen LogP contribution in [0, 0.1) is 12.8 Å². The molecule has 1 saturated heterocycles. The lowest BCUT2D eigenvalue weighted by Gasteiger charge is -2.37. The van der Waals surface area contributed by atoms with Gasteiger partial charge in [-0.05, 0) is 91.8 Å². The summed E-state index contributed by atoms with van der Waals surface area (Å²) in [6.45, 7) is 7.27. The minimum atomic E-state index is -2.96. The Kier molecular flexibility index (Phi) is 8.61. The van der Waals surface area contributed by atoms with E-state index in [1.807, 2.05) is 6.92 Å². The van der Waals surface area contributed by atoms with Gasteiger partial charge in [0, 0.05) is 42.9 Å². The number of alkyl halides is 3. The maximum atomic E-state index is 12.9. The van der Waals surface area contributed by atoms with Crippen molar-refractivity contribution in [2.24, 2.45) is 5.92 Å². The van der Waals surface area contributed by atoms with E-state index in [2.05, 4.69) is 33.3 Å². The van der Waals surface area contributed by atoms with E-state index in [9.17, 15) is 13.6 Å². The molecule has 0 aromatic heterocycles. The highest BCUT2D eigenvalue weighted by atomic mass is 127. The van der Waals surface area contributed by atoms with Gasteiger partial charge >= 0.3 is 3.93 Å². The Morgan fingerprint density at radius 1 is 1.20 bits per heavy atom. The summed E-state index contributed by atoms with van der Waals surface area (Å²) in [5.74, 6) is 0.128. The van der Waals surface area contributed by atoms with Crippen LogP contribution in [-0.2, 0) is 4.79 Å². The van der Waals surface area contributed by atoms with Gasteiger partial charge in [0.1, 0.15) is 0 Å². The summed E-state index contributed by atoms with van der Waals surface area (Å²) in [5, 5.41) is 3.60. The molecule has 4 nitrogen and oxygen atoms in total. The smallest absolute Gasteiger partial charge is 0.305 e. The maximum absolute atomic E-state index is 12.9. The van der Waals surface area contributed by atoms with Crippen LogP contribution in [0.4, 0.5) is 14.5 Å². The van der Waals surface area contributed by atoms with Gasteiger partial charge in [0.15, 0.2) is 0 Å². The Morgan fingerprint density at radius 2 is 1.87 bits per heavy atom. The monoisotopic (exact) mass is 553 g/mol. The zero-order valence-electron chi connectivity index (χ0n) is 17.5. The first-order valence-electron chi connectivity index (χ1n) is 10.8. The number of hydrogen-bond acceptors (Lipinski definition) is 3. The van der Waals surface area contributed by atoms with Gasteiger partial charge in [-0.25, -0.2) is 0 Å². The number of aryl methyl sites for hydroxylation is 1. The molecule has 0 bridgehead atoms. The van der Waals surface area contributed by atoms with Crippen LogP contribution in [0.15, 0.2) is 18.2 Å². The average Bonchev–Trinajstić information content (AvgIpc) is 2.68. The SMILES string of the molecule is Cc1ccc(N2CCN(CCC3CCC(NC(=O)CC(F)(F)I)CC3)CC2)cc1Cl. The number of amides is 1. The lowest BCUT2D eigenvalue weighted by molar-refractivity contribution is -0.125. The number of halogens is 4. The van der Waals surface area contributed by atoms with Gasteiger partial charge in [-0.3, -0.25) is 9.69 Å². The fourth-order valence-electron chi connectivity index (χ4n) is 4.43. The van der Waals surface area contributed by atoms with Crippen LogP contribution in [0.2, 0.25) is 5.02 Å². The van der Waals surface area contributed by atoms with Crippen LogP contribution in [-0.4, -0.2) is 53.5 Å². The predicted octanol–water partition coefficient (Wildman–Crippen LogP) is 5.25. The highest BCUT2D eigenvalue weighted by molar-refractivity contribution is 14.1. The number of carbonyl (C=O) groups is 1. The Bertz CT molecular complexity index is 715. The number of piperazine rings is 1. The van der Waals surface area contributed by atoms with Gasteiger partial charge in [-0.2, -0.15) is 8.78 Å². The molecule has 0 atom stereocenters. The van der Waals surface area contributed by atoms with Crippen molar-refractivity contribution >= 4 is 45.8 Å². The van der Waals surface area contributed by atoms with Crippen LogP contribution in [0.25, 0.3) is 0 Å². The number of anilines is 1. The predicted molar refractivity (Wildman–Crippen MR) is 127 cm³/mol. The summed E-state index contributed by atoms with van der Waals surface area (Å²) in [6.07, 6.45) is 4.36. The van der Waals surface area contributed by atoms with E-state index in [4.69, 9.17) is 11.6 Å². The normalized spacial score (nSPS) is 23.4. The minimum absolute atomic E-state index is 0.0531. The standard InChI is InChI=1S/C22H31ClF2IN3O/c1-16-2-7-19(14-20(16)23)29-12-10-28(11-13-29)9-8-17-3-5-18(6-4-17)27-21(30)15-22(24,25)26/h2,7,14,17-18H,3-6,8-13,15H2,1H3,(H,27,30). The third-order valence-corrected chi connectivity index (χ3v) is 7.11.